The third-order valence-electron chi connectivity index (χ3n) is 6.54. The first kappa shape index (κ1) is 24.3. The molecule has 4 amide bonds. The maximum absolute atomic E-state index is 12.9. The Balaban J connectivity index is 1.22. The van der Waals surface area contributed by atoms with E-state index in [4.69, 9.17) is 9.47 Å². The molecule has 2 aromatic rings. The number of rotatable bonds is 8. The van der Waals surface area contributed by atoms with Gasteiger partial charge in [-0.2, -0.15) is 0 Å². The van der Waals surface area contributed by atoms with Crippen molar-refractivity contribution in [3.05, 3.63) is 60.2 Å². The van der Waals surface area contributed by atoms with Crippen LogP contribution in [-0.2, 0) is 25.7 Å². The molecule has 0 radical (unpaired) electrons. The van der Waals surface area contributed by atoms with E-state index in [1.807, 2.05) is 37.3 Å². The number of amides is 4. The van der Waals surface area contributed by atoms with Crippen molar-refractivity contribution in [2.45, 2.75) is 44.8 Å². The van der Waals surface area contributed by atoms with Crippen LogP contribution in [0.5, 0.6) is 5.75 Å². The first-order valence-corrected chi connectivity index (χ1v) is 11.7. The maximum atomic E-state index is 12.9. The number of nitrogens with one attached hydrogen (secondary N) is 2. The molecule has 2 aliphatic rings. The van der Waals surface area contributed by atoms with Crippen molar-refractivity contribution >= 4 is 29.5 Å². The van der Waals surface area contributed by atoms with Crippen LogP contribution in [0.2, 0.25) is 0 Å². The SMILES string of the molecule is C[C@@H]1CCCC[C@]12NC(=O)N(CC(=O)OCC(=O)Nc1ccc(OCc3ccccc3)cc1)C2=O. The van der Waals surface area contributed by atoms with Crippen molar-refractivity contribution < 1.29 is 28.7 Å². The predicted molar refractivity (Wildman–Crippen MR) is 127 cm³/mol. The van der Waals surface area contributed by atoms with E-state index in [-0.39, 0.29) is 5.92 Å². The number of esters is 1. The van der Waals surface area contributed by atoms with Gasteiger partial charge in [0.15, 0.2) is 6.61 Å². The van der Waals surface area contributed by atoms with Crippen LogP contribution in [-0.4, -0.2) is 47.4 Å². The average molecular weight is 480 g/mol. The van der Waals surface area contributed by atoms with Crippen LogP contribution in [0.25, 0.3) is 0 Å². The lowest BCUT2D eigenvalue weighted by atomic mass is 9.73. The number of hydrogen-bond donors (Lipinski definition) is 2. The minimum absolute atomic E-state index is 0.00498. The summed E-state index contributed by atoms with van der Waals surface area (Å²) in [7, 11) is 0. The summed E-state index contributed by atoms with van der Waals surface area (Å²) in [5, 5.41) is 5.41. The van der Waals surface area contributed by atoms with Crippen molar-refractivity contribution in [3.8, 4) is 5.75 Å². The lowest BCUT2D eigenvalue weighted by Gasteiger charge is -2.36. The van der Waals surface area contributed by atoms with Gasteiger partial charge in [0, 0.05) is 5.69 Å². The molecular formula is C26H29N3O6. The van der Waals surface area contributed by atoms with Crippen LogP contribution in [0.4, 0.5) is 10.5 Å². The minimum atomic E-state index is -0.941. The van der Waals surface area contributed by atoms with Crippen LogP contribution >= 0.6 is 0 Å². The molecule has 1 saturated carbocycles. The first-order chi connectivity index (χ1) is 16.9. The van der Waals surface area contributed by atoms with Crippen molar-refractivity contribution in [2.24, 2.45) is 5.92 Å². The molecule has 0 bridgehead atoms. The fourth-order valence-corrected chi connectivity index (χ4v) is 4.53. The Morgan fingerprint density at radius 1 is 1.09 bits per heavy atom. The molecule has 0 unspecified atom stereocenters. The molecule has 9 heteroatoms. The zero-order chi connectivity index (χ0) is 24.8. The molecule has 1 aliphatic carbocycles. The second-order valence-corrected chi connectivity index (χ2v) is 8.95. The summed E-state index contributed by atoms with van der Waals surface area (Å²) in [6.45, 7) is 1.31. The summed E-state index contributed by atoms with van der Waals surface area (Å²) in [6.07, 6.45) is 3.25. The van der Waals surface area contributed by atoms with Crippen molar-refractivity contribution in [1.82, 2.24) is 10.2 Å². The van der Waals surface area contributed by atoms with Crippen LogP contribution < -0.4 is 15.4 Å². The van der Waals surface area contributed by atoms with Crippen molar-refractivity contribution in [1.29, 1.82) is 0 Å². The number of urea groups is 1. The Morgan fingerprint density at radius 2 is 1.83 bits per heavy atom. The van der Waals surface area contributed by atoms with Gasteiger partial charge in [-0.25, -0.2) is 4.79 Å². The van der Waals surface area contributed by atoms with Gasteiger partial charge in [-0.15, -0.1) is 0 Å². The third kappa shape index (κ3) is 5.62. The molecule has 35 heavy (non-hydrogen) atoms. The normalized spacial score (nSPS) is 21.5. The van der Waals surface area contributed by atoms with Gasteiger partial charge in [-0.3, -0.25) is 19.3 Å². The number of anilines is 1. The summed E-state index contributed by atoms with van der Waals surface area (Å²) in [6, 6.07) is 16.0. The number of benzene rings is 2. The molecule has 184 valence electrons. The molecule has 2 aromatic carbocycles. The summed E-state index contributed by atoms with van der Waals surface area (Å²) < 4.78 is 10.7. The number of carbonyl (C=O) groups is 4. The monoisotopic (exact) mass is 479 g/mol. The van der Waals surface area contributed by atoms with E-state index in [0.717, 1.165) is 29.7 Å². The van der Waals surface area contributed by atoms with Crippen LogP contribution in [0, 0.1) is 5.92 Å². The van der Waals surface area contributed by atoms with Gasteiger partial charge in [-0.05, 0) is 48.6 Å². The molecule has 1 saturated heterocycles. The van der Waals surface area contributed by atoms with E-state index in [2.05, 4.69) is 10.6 Å². The Hall–Kier alpha value is -3.88. The highest BCUT2D eigenvalue weighted by atomic mass is 16.5. The van der Waals surface area contributed by atoms with Gasteiger partial charge in [0.2, 0.25) is 0 Å². The standard InChI is InChI=1S/C26H29N3O6/c1-18-7-5-6-14-26(18)24(32)29(25(33)28-26)15-23(31)35-17-22(30)27-20-10-12-21(13-11-20)34-16-19-8-3-2-4-9-19/h2-4,8-13,18H,5-7,14-17H2,1H3,(H,27,30)(H,28,33)/t18-,26+/m1/s1. The van der Waals surface area contributed by atoms with Gasteiger partial charge in [-0.1, -0.05) is 50.1 Å². The van der Waals surface area contributed by atoms with E-state index in [0.29, 0.717) is 24.5 Å². The van der Waals surface area contributed by atoms with Crippen molar-refractivity contribution in [3.63, 3.8) is 0 Å². The minimum Gasteiger partial charge on any atom is -0.489 e. The highest BCUT2D eigenvalue weighted by molar-refractivity contribution is 6.09. The molecule has 4 rings (SSSR count). The van der Waals surface area contributed by atoms with Crippen LogP contribution in [0.3, 0.4) is 0 Å². The molecule has 1 spiro atoms. The lowest BCUT2D eigenvalue weighted by Crippen LogP contribution is -2.54. The molecule has 9 nitrogen and oxygen atoms in total. The van der Waals surface area contributed by atoms with Crippen LogP contribution in [0.1, 0.15) is 38.2 Å². The average Bonchev–Trinajstić information content (AvgIpc) is 3.09. The fraction of sp³-hybridized carbons (Fsp3) is 0.385. The molecule has 2 N–H and O–H groups in total. The zero-order valence-corrected chi connectivity index (χ0v) is 19.6. The van der Waals surface area contributed by atoms with E-state index in [1.54, 1.807) is 24.3 Å². The topological polar surface area (TPSA) is 114 Å². The summed E-state index contributed by atoms with van der Waals surface area (Å²) in [5.74, 6) is -1.11. The second-order valence-electron chi connectivity index (χ2n) is 8.95. The molecule has 1 heterocycles. The fourth-order valence-electron chi connectivity index (χ4n) is 4.53. The van der Waals surface area contributed by atoms with Crippen molar-refractivity contribution in [2.75, 3.05) is 18.5 Å². The number of hydrogen-bond acceptors (Lipinski definition) is 6. The lowest BCUT2D eigenvalue weighted by molar-refractivity contribution is -0.150. The van der Waals surface area contributed by atoms with Gasteiger partial charge < -0.3 is 20.1 Å². The Morgan fingerprint density at radius 3 is 2.54 bits per heavy atom. The predicted octanol–water partition coefficient (Wildman–Crippen LogP) is 3.25. The largest absolute Gasteiger partial charge is 0.489 e. The van der Waals surface area contributed by atoms with Gasteiger partial charge in [0.1, 0.15) is 24.4 Å². The number of ether oxygens (including phenoxy) is 2. The molecule has 1 aliphatic heterocycles. The molecule has 2 atom stereocenters. The smallest absolute Gasteiger partial charge is 0.326 e. The summed E-state index contributed by atoms with van der Waals surface area (Å²) >= 11 is 0. The van der Waals surface area contributed by atoms with Crippen LogP contribution in [0.15, 0.2) is 54.6 Å². The van der Waals surface area contributed by atoms with E-state index in [9.17, 15) is 19.2 Å². The quantitative estimate of drug-likeness (QED) is 0.444. The summed E-state index contributed by atoms with van der Waals surface area (Å²) in [4.78, 5) is 50.6. The third-order valence-corrected chi connectivity index (χ3v) is 6.54. The molecule has 2 fully saturated rings. The number of imide groups is 1. The molecule has 0 aromatic heterocycles. The van der Waals surface area contributed by atoms with E-state index >= 15 is 0 Å². The second kappa shape index (κ2) is 10.6. The first-order valence-electron chi connectivity index (χ1n) is 11.7. The number of nitrogens with zero attached hydrogens (tertiary/aromatic N) is 1. The van der Waals surface area contributed by atoms with Gasteiger partial charge in [0.25, 0.3) is 11.8 Å². The maximum Gasteiger partial charge on any atom is 0.326 e. The highest BCUT2D eigenvalue weighted by Gasteiger charge is 2.55. The Labute approximate surface area is 203 Å². The zero-order valence-electron chi connectivity index (χ0n) is 19.6. The van der Waals surface area contributed by atoms with E-state index in [1.165, 1.54) is 0 Å². The highest BCUT2D eigenvalue weighted by Crippen LogP contribution is 2.38. The Kier molecular flexibility index (Phi) is 7.33. The van der Waals surface area contributed by atoms with E-state index < -0.39 is 42.5 Å². The number of carbonyl (C=O) groups excluding carboxylic acids is 4. The molecular weight excluding hydrogens is 450 g/mol. The Bertz CT molecular complexity index is 1090. The van der Waals surface area contributed by atoms with Gasteiger partial charge >= 0.3 is 12.0 Å². The van der Waals surface area contributed by atoms with Gasteiger partial charge in [0.05, 0.1) is 0 Å². The summed E-state index contributed by atoms with van der Waals surface area (Å²) in [5.41, 5.74) is 0.618.